The molecule has 2 aliphatic heterocycles. The molecule has 0 spiro atoms. The van der Waals surface area contributed by atoms with E-state index in [1.54, 1.807) is 0 Å². The molecule has 15 heavy (non-hydrogen) atoms. The van der Waals surface area contributed by atoms with E-state index in [1.807, 2.05) is 0 Å². The number of nitrogens with one attached hydrogen (secondary N) is 2. The summed E-state index contributed by atoms with van der Waals surface area (Å²) in [6.07, 6.45) is 4.42. The van der Waals surface area contributed by atoms with Crippen LogP contribution >= 0.6 is 0 Å². The quantitative estimate of drug-likeness (QED) is 0.726. The number of hydrogen-bond acceptors (Lipinski definition) is 3. The Morgan fingerprint density at radius 2 is 2.40 bits per heavy atom. The lowest BCUT2D eigenvalue weighted by Gasteiger charge is -2.32. The highest BCUT2D eigenvalue weighted by Gasteiger charge is 2.33. The monoisotopic (exact) mass is 215 g/mol. The molecule has 0 aliphatic carbocycles. The normalized spacial score (nSPS) is 38.4. The van der Waals surface area contributed by atoms with Crippen molar-refractivity contribution in [2.75, 3.05) is 33.2 Å². The van der Waals surface area contributed by atoms with Crippen LogP contribution in [-0.2, 0) is 0 Å². The molecule has 2 aliphatic rings. The number of nitrogens with zero attached hydrogens (tertiary/aromatic N) is 1. The van der Waals surface area contributed by atoms with E-state index in [2.05, 4.69) is 22.6 Å². The molecular weight excluding hydrogens is 193 g/mol. The average Bonchev–Trinajstić information content (AvgIpc) is 2.62. The lowest BCUT2D eigenvalue weighted by Crippen LogP contribution is -2.52. The van der Waals surface area contributed by atoms with Crippen molar-refractivity contribution >= 4 is 0 Å². The molecule has 2 fully saturated rings. The zero-order valence-corrected chi connectivity index (χ0v) is 9.56. The molecule has 88 valence electrons. The largest absolute Gasteiger partial charge is 0.313 e. The van der Waals surface area contributed by atoms with E-state index in [1.165, 1.54) is 6.42 Å². The van der Waals surface area contributed by atoms with Crippen LogP contribution < -0.4 is 10.6 Å². The Hall–Kier alpha value is -0.190. The molecule has 2 saturated heterocycles. The van der Waals surface area contributed by atoms with Gasteiger partial charge < -0.3 is 5.32 Å². The Balaban J connectivity index is 1.76. The first-order valence-corrected chi connectivity index (χ1v) is 6.03. The van der Waals surface area contributed by atoms with Gasteiger partial charge in [-0.2, -0.15) is 0 Å². The minimum Gasteiger partial charge on any atom is -0.313 e. The summed E-state index contributed by atoms with van der Waals surface area (Å²) >= 11 is 0. The van der Waals surface area contributed by atoms with E-state index in [0.29, 0.717) is 25.7 Å². The summed E-state index contributed by atoms with van der Waals surface area (Å²) in [6, 6.07) is 0. The van der Waals surface area contributed by atoms with Gasteiger partial charge in [0.05, 0.1) is 6.17 Å². The summed E-state index contributed by atoms with van der Waals surface area (Å²) in [5, 5.41) is 6.49. The van der Waals surface area contributed by atoms with Crippen LogP contribution in [-0.4, -0.2) is 50.0 Å². The summed E-state index contributed by atoms with van der Waals surface area (Å²) in [5.74, 6) is 0. The molecule has 2 heterocycles. The number of alkyl halides is 1. The minimum atomic E-state index is -1.03. The lowest BCUT2D eigenvalue weighted by molar-refractivity contribution is 0.105. The molecule has 3 nitrogen and oxygen atoms in total. The number of hydrogen-bond donors (Lipinski definition) is 2. The molecule has 0 amide bonds. The zero-order chi connectivity index (χ0) is 10.7. The van der Waals surface area contributed by atoms with E-state index in [4.69, 9.17) is 0 Å². The van der Waals surface area contributed by atoms with Gasteiger partial charge >= 0.3 is 0 Å². The Kier molecular flexibility index (Phi) is 3.59. The van der Waals surface area contributed by atoms with Crippen molar-refractivity contribution in [3.8, 4) is 0 Å². The second-order valence-electron chi connectivity index (χ2n) is 4.95. The van der Waals surface area contributed by atoms with Gasteiger partial charge in [0.2, 0.25) is 0 Å². The molecule has 2 N–H and O–H groups in total. The van der Waals surface area contributed by atoms with Crippen LogP contribution in [0, 0.1) is 0 Å². The predicted molar refractivity (Wildman–Crippen MR) is 59.6 cm³/mol. The number of piperidine rings is 1. The number of likely N-dealkylation sites (tertiary alicyclic amines) is 1. The molecule has 0 bridgehead atoms. The standard InChI is InChI=1S/C11H22FN3/c1-15-7-2-4-10(15)14-9-11(12)5-3-6-13-8-11/h10,13-14H,2-9H2,1H3. The van der Waals surface area contributed by atoms with Crippen molar-refractivity contribution in [1.82, 2.24) is 15.5 Å². The van der Waals surface area contributed by atoms with Crippen LogP contribution in [0.25, 0.3) is 0 Å². The first-order chi connectivity index (χ1) is 7.20. The van der Waals surface area contributed by atoms with Gasteiger partial charge in [0, 0.05) is 13.1 Å². The van der Waals surface area contributed by atoms with Gasteiger partial charge in [0.1, 0.15) is 5.67 Å². The van der Waals surface area contributed by atoms with Gasteiger partial charge in [-0.3, -0.25) is 10.2 Å². The molecular formula is C11H22FN3. The van der Waals surface area contributed by atoms with Crippen LogP contribution in [0.15, 0.2) is 0 Å². The fourth-order valence-electron chi connectivity index (χ4n) is 2.55. The van der Waals surface area contributed by atoms with Gasteiger partial charge in [-0.25, -0.2) is 4.39 Å². The maximum atomic E-state index is 14.2. The van der Waals surface area contributed by atoms with Gasteiger partial charge in [0.25, 0.3) is 0 Å². The molecule has 0 aromatic rings. The Morgan fingerprint density at radius 3 is 3.00 bits per heavy atom. The highest BCUT2D eigenvalue weighted by Crippen LogP contribution is 2.21. The Morgan fingerprint density at radius 1 is 1.53 bits per heavy atom. The van der Waals surface area contributed by atoms with Crippen molar-refractivity contribution in [3.63, 3.8) is 0 Å². The van der Waals surface area contributed by atoms with Crippen LogP contribution in [0.1, 0.15) is 25.7 Å². The van der Waals surface area contributed by atoms with Gasteiger partial charge in [-0.15, -0.1) is 0 Å². The topological polar surface area (TPSA) is 27.3 Å². The summed E-state index contributed by atoms with van der Waals surface area (Å²) in [7, 11) is 2.11. The third kappa shape index (κ3) is 2.89. The lowest BCUT2D eigenvalue weighted by atomic mass is 9.96. The minimum absolute atomic E-state index is 0.388. The Bertz CT molecular complexity index is 204. The van der Waals surface area contributed by atoms with Crippen molar-refractivity contribution in [3.05, 3.63) is 0 Å². The van der Waals surface area contributed by atoms with Crippen molar-refractivity contribution in [2.24, 2.45) is 0 Å². The van der Waals surface area contributed by atoms with Gasteiger partial charge in [0.15, 0.2) is 0 Å². The summed E-state index contributed by atoms with van der Waals surface area (Å²) in [5.41, 5.74) is -1.03. The molecule has 0 aromatic heterocycles. The molecule has 2 atom stereocenters. The third-order valence-electron chi connectivity index (χ3n) is 3.60. The first-order valence-electron chi connectivity index (χ1n) is 6.03. The van der Waals surface area contributed by atoms with Crippen LogP contribution in [0.4, 0.5) is 4.39 Å². The number of halogens is 1. The second-order valence-corrected chi connectivity index (χ2v) is 4.95. The third-order valence-corrected chi connectivity index (χ3v) is 3.60. The van der Waals surface area contributed by atoms with E-state index in [0.717, 1.165) is 25.9 Å². The van der Waals surface area contributed by atoms with Gasteiger partial charge in [-0.05, 0) is 45.8 Å². The molecule has 2 rings (SSSR count). The van der Waals surface area contributed by atoms with Crippen LogP contribution in [0.5, 0.6) is 0 Å². The van der Waals surface area contributed by atoms with Crippen molar-refractivity contribution < 1.29 is 4.39 Å². The molecule has 2 unspecified atom stereocenters. The maximum Gasteiger partial charge on any atom is 0.135 e. The first kappa shape index (κ1) is 11.3. The fourth-order valence-corrected chi connectivity index (χ4v) is 2.55. The Labute approximate surface area is 91.4 Å². The smallest absolute Gasteiger partial charge is 0.135 e. The van der Waals surface area contributed by atoms with Gasteiger partial charge in [-0.1, -0.05) is 0 Å². The molecule has 0 aromatic carbocycles. The second kappa shape index (κ2) is 4.76. The van der Waals surface area contributed by atoms with Crippen molar-refractivity contribution in [1.29, 1.82) is 0 Å². The average molecular weight is 215 g/mol. The zero-order valence-electron chi connectivity index (χ0n) is 9.56. The van der Waals surface area contributed by atoms with E-state index in [-0.39, 0.29) is 0 Å². The highest BCUT2D eigenvalue weighted by molar-refractivity contribution is 4.89. The van der Waals surface area contributed by atoms with E-state index < -0.39 is 5.67 Å². The van der Waals surface area contributed by atoms with E-state index >= 15 is 0 Å². The number of rotatable bonds is 3. The van der Waals surface area contributed by atoms with Crippen LogP contribution in [0.2, 0.25) is 0 Å². The summed E-state index contributed by atoms with van der Waals surface area (Å²) in [4.78, 5) is 2.28. The predicted octanol–water partition coefficient (Wildman–Crippen LogP) is 0.719. The highest BCUT2D eigenvalue weighted by atomic mass is 19.1. The summed E-state index contributed by atoms with van der Waals surface area (Å²) < 4.78 is 14.2. The molecule has 4 heteroatoms. The maximum absolute atomic E-state index is 14.2. The molecule has 0 saturated carbocycles. The SMILES string of the molecule is CN1CCCC1NCC1(F)CCCNC1. The van der Waals surface area contributed by atoms with Crippen molar-refractivity contribution in [2.45, 2.75) is 37.5 Å². The fraction of sp³-hybridized carbons (Fsp3) is 1.00. The summed E-state index contributed by atoms with van der Waals surface area (Å²) in [6.45, 7) is 3.11. The van der Waals surface area contributed by atoms with E-state index in [9.17, 15) is 4.39 Å². The molecule has 0 radical (unpaired) electrons. The van der Waals surface area contributed by atoms with Crippen LogP contribution in [0.3, 0.4) is 0 Å².